The van der Waals surface area contributed by atoms with Gasteiger partial charge in [0.05, 0.1) is 5.92 Å². The summed E-state index contributed by atoms with van der Waals surface area (Å²) in [5, 5.41) is 9.33. The average Bonchev–Trinajstić information content (AvgIpc) is 2.54. The molecular formula is C14H20N2O2. The summed E-state index contributed by atoms with van der Waals surface area (Å²) >= 11 is 0. The summed E-state index contributed by atoms with van der Waals surface area (Å²) in [7, 11) is 0. The van der Waals surface area contributed by atoms with E-state index in [2.05, 4.69) is 4.98 Å². The summed E-state index contributed by atoms with van der Waals surface area (Å²) in [6.45, 7) is 0. The molecule has 2 atom stereocenters. The van der Waals surface area contributed by atoms with Crippen molar-refractivity contribution in [2.75, 3.05) is 5.73 Å². The predicted octanol–water partition coefficient (Wildman–Crippen LogP) is 2.49. The Hall–Kier alpha value is -1.58. The molecule has 2 rings (SSSR count). The first-order valence-corrected chi connectivity index (χ1v) is 6.60. The van der Waals surface area contributed by atoms with Crippen LogP contribution in [0.5, 0.6) is 0 Å². The van der Waals surface area contributed by atoms with E-state index in [-0.39, 0.29) is 11.8 Å². The highest BCUT2D eigenvalue weighted by Crippen LogP contribution is 2.31. The van der Waals surface area contributed by atoms with E-state index in [0.717, 1.165) is 44.1 Å². The average molecular weight is 248 g/mol. The van der Waals surface area contributed by atoms with Gasteiger partial charge in [0.1, 0.15) is 5.82 Å². The highest BCUT2D eigenvalue weighted by molar-refractivity contribution is 5.70. The Bertz CT molecular complexity index is 420. The molecule has 2 unspecified atom stereocenters. The molecule has 1 aromatic heterocycles. The molecule has 1 fully saturated rings. The molecule has 0 saturated heterocycles. The van der Waals surface area contributed by atoms with Crippen LogP contribution in [0, 0.1) is 11.8 Å². The normalized spacial score (nSPS) is 24.4. The van der Waals surface area contributed by atoms with Crippen molar-refractivity contribution in [3.8, 4) is 0 Å². The lowest BCUT2D eigenvalue weighted by molar-refractivity contribution is -0.143. The van der Waals surface area contributed by atoms with Gasteiger partial charge in [-0.3, -0.25) is 4.79 Å². The third-order valence-electron chi connectivity index (χ3n) is 3.82. The molecular weight excluding hydrogens is 228 g/mol. The Balaban J connectivity index is 2.11. The molecule has 18 heavy (non-hydrogen) atoms. The standard InChI is InChI=1S/C14H20N2O2/c15-13-9-10(6-7-16-13)8-11-4-2-1-3-5-12(11)14(17)18/h6-7,9,11-12H,1-5,8H2,(H2,15,16)(H,17,18). The van der Waals surface area contributed by atoms with Crippen molar-refractivity contribution in [2.45, 2.75) is 38.5 Å². The second-order valence-electron chi connectivity index (χ2n) is 5.14. The minimum atomic E-state index is -0.649. The predicted molar refractivity (Wildman–Crippen MR) is 70.1 cm³/mol. The lowest BCUT2D eigenvalue weighted by Gasteiger charge is -2.21. The number of hydrogen-bond donors (Lipinski definition) is 2. The van der Waals surface area contributed by atoms with E-state index >= 15 is 0 Å². The minimum absolute atomic E-state index is 0.207. The van der Waals surface area contributed by atoms with Gasteiger partial charge < -0.3 is 10.8 Å². The SMILES string of the molecule is Nc1cc(CC2CCCCCC2C(=O)O)ccn1. The second kappa shape index (κ2) is 5.85. The van der Waals surface area contributed by atoms with Crippen molar-refractivity contribution in [2.24, 2.45) is 11.8 Å². The van der Waals surface area contributed by atoms with Crippen molar-refractivity contribution in [1.29, 1.82) is 0 Å². The fraction of sp³-hybridized carbons (Fsp3) is 0.571. The number of rotatable bonds is 3. The van der Waals surface area contributed by atoms with Crippen molar-refractivity contribution in [3.05, 3.63) is 23.9 Å². The number of pyridine rings is 1. The van der Waals surface area contributed by atoms with Crippen LogP contribution in [-0.2, 0) is 11.2 Å². The summed E-state index contributed by atoms with van der Waals surface area (Å²) in [5.41, 5.74) is 6.76. The highest BCUT2D eigenvalue weighted by Gasteiger charge is 2.29. The number of carbonyl (C=O) groups is 1. The monoisotopic (exact) mass is 248 g/mol. The zero-order valence-corrected chi connectivity index (χ0v) is 10.5. The van der Waals surface area contributed by atoms with E-state index < -0.39 is 5.97 Å². The van der Waals surface area contributed by atoms with Crippen molar-refractivity contribution < 1.29 is 9.90 Å². The lowest BCUT2D eigenvalue weighted by Crippen LogP contribution is -2.24. The van der Waals surface area contributed by atoms with E-state index in [1.807, 2.05) is 12.1 Å². The van der Waals surface area contributed by atoms with E-state index in [1.165, 1.54) is 0 Å². The zero-order chi connectivity index (χ0) is 13.0. The molecule has 1 aliphatic rings. The molecule has 1 saturated carbocycles. The summed E-state index contributed by atoms with van der Waals surface area (Å²) in [6, 6.07) is 3.78. The molecule has 1 aromatic rings. The van der Waals surface area contributed by atoms with Crippen LogP contribution in [0.25, 0.3) is 0 Å². The Morgan fingerprint density at radius 3 is 2.89 bits per heavy atom. The number of aromatic nitrogens is 1. The molecule has 4 nitrogen and oxygen atoms in total. The number of nitrogen functional groups attached to an aromatic ring is 1. The van der Waals surface area contributed by atoms with Gasteiger partial charge in [0.15, 0.2) is 0 Å². The fourth-order valence-electron chi connectivity index (χ4n) is 2.88. The topological polar surface area (TPSA) is 76.2 Å². The van der Waals surface area contributed by atoms with Crippen molar-refractivity contribution >= 4 is 11.8 Å². The van der Waals surface area contributed by atoms with Crippen LogP contribution in [-0.4, -0.2) is 16.1 Å². The number of hydrogen-bond acceptors (Lipinski definition) is 3. The molecule has 0 amide bonds. The first-order valence-electron chi connectivity index (χ1n) is 6.60. The molecule has 0 radical (unpaired) electrons. The van der Waals surface area contributed by atoms with Crippen LogP contribution in [0.15, 0.2) is 18.3 Å². The van der Waals surface area contributed by atoms with Crippen LogP contribution in [0.1, 0.15) is 37.7 Å². The van der Waals surface area contributed by atoms with E-state index in [0.29, 0.717) is 5.82 Å². The smallest absolute Gasteiger partial charge is 0.306 e. The second-order valence-corrected chi connectivity index (χ2v) is 5.14. The molecule has 98 valence electrons. The maximum Gasteiger partial charge on any atom is 0.306 e. The largest absolute Gasteiger partial charge is 0.481 e. The minimum Gasteiger partial charge on any atom is -0.481 e. The van der Waals surface area contributed by atoms with Gasteiger partial charge in [-0.25, -0.2) is 4.98 Å². The highest BCUT2D eigenvalue weighted by atomic mass is 16.4. The molecule has 0 aromatic carbocycles. The Kier molecular flexibility index (Phi) is 4.18. The van der Waals surface area contributed by atoms with Crippen molar-refractivity contribution in [3.63, 3.8) is 0 Å². The number of carboxylic acids is 1. The zero-order valence-electron chi connectivity index (χ0n) is 10.5. The molecule has 3 N–H and O–H groups in total. The maximum absolute atomic E-state index is 11.3. The summed E-state index contributed by atoms with van der Waals surface area (Å²) in [4.78, 5) is 15.3. The van der Waals surface area contributed by atoms with Gasteiger partial charge in [-0.2, -0.15) is 0 Å². The summed E-state index contributed by atoms with van der Waals surface area (Å²) in [5.74, 6) is -0.120. The third kappa shape index (κ3) is 3.22. The summed E-state index contributed by atoms with van der Waals surface area (Å²) in [6.07, 6.45) is 7.61. The van der Waals surface area contributed by atoms with Crippen LogP contribution in [0.4, 0.5) is 5.82 Å². The number of nitrogens with zero attached hydrogens (tertiary/aromatic N) is 1. The van der Waals surface area contributed by atoms with Crippen molar-refractivity contribution in [1.82, 2.24) is 4.98 Å². The molecule has 1 heterocycles. The molecule has 0 aliphatic heterocycles. The first kappa shape index (κ1) is 12.9. The molecule has 0 bridgehead atoms. The van der Waals surface area contributed by atoms with Gasteiger partial charge in [-0.05, 0) is 42.9 Å². The first-order chi connectivity index (χ1) is 8.66. The Morgan fingerprint density at radius 2 is 2.17 bits per heavy atom. The fourth-order valence-corrected chi connectivity index (χ4v) is 2.88. The van der Waals surface area contributed by atoms with Gasteiger partial charge in [0, 0.05) is 6.20 Å². The number of aliphatic carboxylic acids is 1. The quantitative estimate of drug-likeness (QED) is 0.806. The van der Waals surface area contributed by atoms with Crippen LogP contribution < -0.4 is 5.73 Å². The van der Waals surface area contributed by atoms with Crippen LogP contribution >= 0.6 is 0 Å². The van der Waals surface area contributed by atoms with E-state index in [9.17, 15) is 9.90 Å². The van der Waals surface area contributed by atoms with Gasteiger partial charge in [0.2, 0.25) is 0 Å². The molecule has 4 heteroatoms. The maximum atomic E-state index is 11.3. The van der Waals surface area contributed by atoms with Crippen LogP contribution in [0.3, 0.4) is 0 Å². The number of carboxylic acid groups (broad SMARTS) is 1. The van der Waals surface area contributed by atoms with Gasteiger partial charge >= 0.3 is 5.97 Å². The summed E-state index contributed by atoms with van der Waals surface area (Å²) < 4.78 is 0. The molecule has 1 aliphatic carbocycles. The van der Waals surface area contributed by atoms with Gasteiger partial charge in [-0.15, -0.1) is 0 Å². The van der Waals surface area contributed by atoms with Gasteiger partial charge in [-0.1, -0.05) is 19.3 Å². The van der Waals surface area contributed by atoms with Gasteiger partial charge in [0.25, 0.3) is 0 Å². The van der Waals surface area contributed by atoms with E-state index in [1.54, 1.807) is 6.20 Å². The van der Waals surface area contributed by atoms with Crippen LogP contribution in [0.2, 0.25) is 0 Å². The Labute approximate surface area is 107 Å². The third-order valence-corrected chi connectivity index (χ3v) is 3.82. The number of nitrogens with two attached hydrogens (primary N) is 1. The lowest BCUT2D eigenvalue weighted by atomic mass is 9.83. The van der Waals surface area contributed by atoms with E-state index in [4.69, 9.17) is 5.73 Å². The molecule has 0 spiro atoms. The number of anilines is 1. The Morgan fingerprint density at radius 1 is 1.39 bits per heavy atom.